The molecule has 0 bridgehead atoms. The molecule has 6 rings (SSSR count). The summed E-state index contributed by atoms with van der Waals surface area (Å²) in [6.45, 7) is 5.05. The number of carbonyl (C=O) groups is 2. The monoisotopic (exact) mass is 536 g/mol. The lowest BCUT2D eigenvalue weighted by molar-refractivity contribution is -0.138. The van der Waals surface area contributed by atoms with Crippen molar-refractivity contribution in [2.45, 2.75) is 70.0 Å². The van der Waals surface area contributed by atoms with Crippen molar-refractivity contribution in [3.8, 4) is 0 Å². The van der Waals surface area contributed by atoms with Crippen molar-refractivity contribution in [1.29, 1.82) is 0 Å². The Kier molecular flexibility index (Phi) is 7.50. The summed E-state index contributed by atoms with van der Waals surface area (Å²) >= 11 is 0. The summed E-state index contributed by atoms with van der Waals surface area (Å²) in [4.78, 5) is 29.5. The molecular weight excluding hydrogens is 496 g/mol. The average molecular weight is 537 g/mol. The number of likely N-dealkylation sites (tertiary alicyclic amines) is 1. The topological polar surface area (TPSA) is 73.5 Å². The van der Waals surface area contributed by atoms with E-state index in [2.05, 4.69) is 101 Å². The molecule has 1 aliphatic carbocycles. The highest BCUT2D eigenvalue weighted by molar-refractivity contribution is 5.90. The summed E-state index contributed by atoms with van der Waals surface area (Å²) in [5, 5.41) is 9.95. The molecule has 0 unspecified atom stereocenters. The van der Waals surface area contributed by atoms with Crippen LogP contribution in [0.3, 0.4) is 0 Å². The van der Waals surface area contributed by atoms with Crippen LogP contribution in [0.2, 0.25) is 0 Å². The van der Waals surface area contributed by atoms with Gasteiger partial charge in [-0.25, -0.2) is 4.79 Å². The first kappa shape index (κ1) is 26.4. The predicted molar refractivity (Wildman–Crippen MR) is 160 cm³/mol. The van der Waals surface area contributed by atoms with Gasteiger partial charge in [-0.2, -0.15) is 0 Å². The highest BCUT2D eigenvalue weighted by Crippen LogP contribution is 2.51. The van der Waals surface area contributed by atoms with E-state index >= 15 is 0 Å². The largest absolute Gasteiger partial charge is 0.378 e. The number of hydrogen-bond donors (Lipinski definition) is 3. The van der Waals surface area contributed by atoms with E-state index < -0.39 is 0 Å². The molecule has 0 spiro atoms. The van der Waals surface area contributed by atoms with Crippen molar-refractivity contribution in [1.82, 2.24) is 10.2 Å². The molecule has 2 aliphatic heterocycles. The lowest BCUT2D eigenvalue weighted by atomic mass is 9.79. The van der Waals surface area contributed by atoms with E-state index in [1.807, 2.05) is 12.1 Å². The van der Waals surface area contributed by atoms with Crippen LogP contribution in [0.5, 0.6) is 0 Å². The van der Waals surface area contributed by atoms with Crippen LogP contribution in [-0.2, 0) is 4.79 Å². The molecule has 1 saturated carbocycles. The van der Waals surface area contributed by atoms with E-state index in [0.717, 1.165) is 50.0 Å². The number of anilines is 2. The zero-order valence-corrected chi connectivity index (χ0v) is 23.5. The third kappa shape index (κ3) is 5.19. The minimum atomic E-state index is -0.238. The molecule has 2 fully saturated rings. The lowest BCUT2D eigenvalue weighted by Crippen LogP contribution is -2.51. The number of nitrogens with one attached hydrogen (secondary N) is 3. The maximum atomic E-state index is 14.3. The quantitative estimate of drug-likeness (QED) is 0.322. The number of rotatable bonds is 5. The number of urea groups is 1. The van der Waals surface area contributed by atoms with Gasteiger partial charge < -0.3 is 20.9 Å². The van der Waals surface area contributed by atoms with Crippen molar-refractivity contribution < 1.29 is 9.59 Å². The molecule has 3 aromatic carbocycles. The van der Waals surface area contributed by atoms with E-state index in [1.54, 1.807) is 0 Å². The summed E-state index contributed by atoms with van der Waals surface area (Å²) in [6, 6.07) is 26.8. The predicted octanol–water partition coefficient (Wildman–Crippen LogP) is 7.25. The molecule has 5 atom stereocenters. The third-order valence-electron chi connectivity index (χ3n) is 9.14. The zero-order valence-electron chi connectivity index (χ0n) is 23.5. The summed E-state index contributed by atoms with van der Waals surface area (Å²) < 4.78 is 0. The normalized spacial score (nSPS) is 25.5. The van der Waals surface area contributed by atoms with Crippen molar-refractivity contribution in [3.05, 3.63) is 95.6 Å². The van der Waals surface area contributed by atoms with Crippen LogP contribution in [0, 0.1) is 11.8 Å². The second-order valence-electron chi connectivity index (χ2n) is 11.9. The fourth-order valence-electron chi connectivity index (χ4n) is 7.06. The van der Waals surface area contributed by atoms with Gasteiger partial charge in [0.05, 0.1) is 18.0 Å². The molecule has 3 aromatic rings. The Labute approximate surface area is 237 Å². The average Bonchev–Trinajstić information content (AvgIpc) is 3.43. The number of hydrogen-bond acceptors (Lipinski definition) is 3. The number of carbonyl (C=O) groups excluding carboxylic acids is 2. The zero-order chi connectivity index (χ0) is 27.6. The van der Waals surface area contributed by atoms with Crippen LogP contribution in [0.4, 0.5) is 16.2 Å². The highest BCUT2D eigenvalue weighted by Gasteiger charge is 2.48. The van der Waals surface area contributed by atoms with Crippen molar-refractivity contribution in [2.75, 3.05) is 17.2 Å². The van der Waals surface area contributed by atoms with Gasteiger partial charge in [-0.1, -0.05) is 87.4 Å². The fraction of sp³-hybridized carbons (Fsp3) is 0.412. The molecule has 0 aromatic heterocycles. The third-order valence-corrected chi connectivity index (χ3v) is 9.14. The highest BCUT2D eigenvalue weighted by atomic mass is 16.2. The second-order valence-corrected chi connectivity index (χ2v) is 11.9. The standard InChI is InChI=1S/C34H40N4O2/c1-22(2)23-16-18-25(19-17-23)35-34(40)37-30-15-9-7-13-27(30)33(39)38-21-20-28-31(24-10-4-3-5-11-24)36-29-14-8-6-12-26(29)32(28)38/h3-6,8,10-12,14,16-19,22,27-28,30-32,36H,7,9,13,15,20-21H2,1-2H3,(H2,35,37,40)/t27-,28-,30+,31-,32-/m0/s1. The molecule has 1 saturated heterocycles. The molecule has 6 nitrogen and oxygen atoms in total. The first-order valence-electron chi connectivity index (χ1n) is 14.9. The van der Waals surface area contributed by atoms with Crippen LogP contribution < -0.4 is 16.0 Å². The Balaban J connectivity index is 1.20. The molecule has 2 heterocycles. The second kappa shape index (κ2) is 11.4. The van der Waals surface area contributed by atoms with Gasteiger partial charge in [0.25, 0.3) is 0 Å². The molecule has 0 radical (unpaired) electrons. The molecular formula is C34H40N4O2. The van der Waals surface area contributed by atoms with Crippen LogP contribution in [0.25, 0.3) is 0 Å². The SMILES string of the molecule is CC(C)c1ccc(NC(=O)N[C@@H]2CCCC[C@@H]2C(=O)N2CC[C@H]3[C@H](c4ccccc4)Nc4ccccc4[C@@H]32)cc1. The van der Waals surface area contributed by atoms with Crippen molar-refractivity contribution in [2.24, 2.45) is 11.8 Å². The van der Waals surface area contributed by atoms with Gasteiger partial charge in [0.1, 0.15) is 0 Å². The molecule has 208 valence electrons. The smallest absolute Gasteiger partial charge is 0.319 e. The van der Waals surface area contributed by atoms with Gasteiger partial charge in [-0.3, -0.25) is 4.79 Å². The minimum absolute atomic E-state index is 0.0334. The van der Waals surface area contributed by atoms with Gasteiger partial charge >= 0.3 is 6.03 Å². The molecule has 40 heavy (non-hydrogen) atoms. The minimum Gasteiger partial charge on any atom is -0.378 e. The van der Waals surface area contributed by atoms with E-state index in [9.17, 15) is 9.59 Å². The summed E-state index contributed by atoms with van der Waals surface area (Å²) in [6.07, 6.45) is 4.62. The number of para-hydroxylation sites is 1. The lowest BCUT2D eigenvalue weighted by Gasteiger charge is -2.42. The number of benzene rings is 3. The van der Waals surface area contributed by atoms with E-state index in [4.69, 9.17) is 0 Å². The molecule has 3 amide bonds. The van der Waals surface area contributed by atoms with Gasteiger partial charge in [0, 0.05) is 29.9 Å². The van der Waals surface area contributed by atoms with Gasteiger partial charge in [-0.15, -0.1) is 0 Å². The first-order chi connectivity index (χ1) is 19.5. The Morgan fingerprint density at radius 2 is 1.60 bits per heavy atom. The number of nitrogens with zero attached hydrogens (tertiary/aromatic N) is 1. The van der Waals surface area contributed by atoms with Crippen LogP contribution >= 0.6 is 0 Å². The fourth-order valence-corrected chi connectivity index (χ4v) is 7.06. The first-order valence-corrected chi connectivity index (χ1v) is 14.9. The van der Waals surface area contributed by atoms with Crippen molar-refractivity contribution in [3.63, 3.8) is 0 Å². The van der Waals surface area contributed by atoms with Crippen molar-refractivity contribution >= 4 is 23.3 Å². The Morgan fingerprint density at radius 3 is 2.38 bits per heavy atom. The number of amides is 3. The summed E-state index contributed by atoms with van der Waals surface area (Å²) in [7, 11) is 0. The summed E-state index contributed by atoms with van der Waals surface area (Å²) in [5.41, 5.74) is 5.58. The van der Waals surface area contributed by atoms with E-state index in [1.165, 1.54) is 16.7 Å². The Morgan fingerprint density at radius 1 is 0.875 bits per heavy atom. The van der Waals surface area contributed by atoms with Gasteiger partial charge in [-0.05, 0) is 60.1 Å². The van der Waals surface area contributed by atoms with Crippen LogP contribution in [-0.4, -0.2) is 29.4 Å². The Hall–Kier alpha value is -3.80. The summed E-state index contributed by atoms with van der Waals surface area (Å²) in [5.74, 6) is 0.714. The maximum Gasteiger partial charge on any atom is 0.319 e. The van der Waals surface area contributed by atoms with E-state index in [-0.39, 0.29) is 36.0 Å². The van der Waals surface area contributed by atoms with E-state index in [0.29, 0.717) is 11.8 Å². The van der Waals surface area contributed by atoms with Crippen LogP contribution in [0.1, 0.15) is 80.6 Å². The Bertz CT molecular complexity index is 1340. The molecule has 6 heteroatoms. The van der Waals surface area contributed by atoms with Gasteiger partial charge in [0.2, 0.25) is 5.91 Å². The van der Waals surface area contributed by atoms with Crippen LogP contribution in [0.15, 0.2) is 78.9 Å². The molecule has 3 N–H and O–H groups in total. The maximum absolute atomic E-state index is 14.3. The van der Waals surface area contributed by atoms with Gasteiger partial charge in [0.15, 0.2) is 0 Å². The molecule has 3 aliphatic rings. The number of fused-ring (bicyclic) bond motifs is 3.